The van der Waals surface area contributed by atoms with Gasteiger partial charge in [0.15, 0.2) is 0 Å². The van der Waals surface area contributed by atoms with Crippen molar-refractivity contribution in [2.24, 2.45) is 17.6 Å². The summed E-state index contributed by atoms with van der Waals surface area (Å²) in [7, 11) is 0. The molecule has 3 unspecified atom stereocenters. The van der Waals surface area contributed by atoms with Crippen LogP contribution in [0.25, 0.3) is 0 Å². The van der Waals surface area contributed by atoms with E-state index in [-0.39, 0.29) is 6.04 Å². The van der Waals surface area contributed by atoms with Gasteiger partial charge in [-0.15, -0.1) is 6.58 Å². The minimum absolute atomic E-state index is 0.280. The molecule has 1 nitrogen and oxygen atoms in total. The van der Waals surface area contributed by atoms with Crippen LogP contribution in [0.3, 0.4) is 0 Å². The van der Waals surface area contributed by atoms with Gasteiger partial charge in [-0.3, -0.25) is 0 Å². The van der Waals surface area contributed by atoms with Crippen molar-refractivity contribution in [1.29, 1.82) is 0 Å². The van der Waals surface area contributed by atoms with E-state index in [1.807, 2.05) is 6.08 Å². The van der Waals surface area contributed by atoms with Crippen molar-refractivity contribution < 1.29 is 0 Å². The van der Waals surface area contributed by atoms with Crippen molar-refractivity contribution in [3.05, 3.63) is 12.7 Å². The van der Waals surface area contributed by atoms with Crippen LogP contribution in [0.5, 0.6) is 0 Å². The average Bonchev–Trinajstić information content (AvgIpc) is 2.00. The fraction of sp³-hybridized carbons (Fsp3) is 0.778. The third-order valence-electron chi connectivity index (χ3n) is 2.28. The molecule has 0 saturated heterocycles. The van der Waals surface area contributed by atoms with E-state index in [1.54, 1.807) is 0 Å². The van der Waals surface area contributed by atoms with Crippen LogP contribution in [-0.2, 0) is 0 Å². The van der Waals surface area contributed by atoms with Gasteiger partial charge < -0.3 is 5.73 Å². The van der Waals surface area contributed by atoms with Crippen molar-refractivity contribution in [3.63, 3.8) is 0 Å². The molecule has 3 atom stereocenters. The van der Waals surface area contributed by atoms with Crippen LogP contribution in [0.1, 0.15) is 27.2 Å². The van der Waals surface area contributed by atoms with Crippen molar-refractivity contribution in [2.75, 3.05) is 0 Å². The maximum atomic E-state index is 5.91. The first kappa shape index (κ1) is 9.70. The Hall–Kier alpha value is -0.300. The highest BCUT2D eigenvalue weighted by Gasteiger charge is 2.14. The molecule has 0 saturated carbocycles. The van der Waals surface area contributed by atoms with E-state index in [4.69, 9.17) is 5.73 Å². The molecule has 0 radical (unpaired) electrons. The molecule has 2 N–H and O–H groups in total. The van der Waals surface area contributed by atoms with Gasteiger partial charge in [0, 0.05) is 6.04 Å². The van der Waals surface area contributed by atoms with E-state index < -0.39 is 0 Å². The van der Waals surface area contributed by atoms with E-state index in [9.17, 15) is 0 Å². The highest BCUT2D eigenvalue weighted by atomic mass is 14.7. The fourth-order valence-corrected chi connectivity index (χ4v) is 0.948. The number of hydrogen-bond donors (Lipinski definition) is 1. The predicted molar refractivity (Wildman–Crippen MR) is 46.8 cm³/mol. The lowest BCUT2D eigenvalue weighted by molar-refractivity contribution is 0.379. The summed E-state index contributed by atoms with van der Waals surface area (Å²) in [4.78, 5) is 0. The van der Waals surface area contributed by atoms with E-state index in [2.05, 4.69) is 27.4 Å². The van der Waals surface area contributed by atoms with Crippen LogP contribution in [0.2, 0.25) is 0 Å². The third-order valence-corrected chi connectivity index (χ3v) is 2.28. The summed E-state index contributed by atoms with van der Waals surface area (Å²) in [6.07, 6.45) is 3.08. The predicted octanol–water partition coefficient (Wildman–Crippen LogP) is 2.18. The van der Waals surface area contributed by atoms with E-state index in [1.165, 1.54) is 0 Å². The maximum Gasteiger partial charge on any atom is 0.0125 e. The zero-order chi connectivity index (χ0) is 8.15. The summed E-state index contributed by atoms with van der Waals surface area (Å²) >= 11 is 0. The van der Waals surface area contributed by atoms with Crippen molar-refractivity contribution in [1.82, 2.24) is 0 Å². The Balaban J connectivity index is 3.80. The lowest BCUT2D eigenvalue weighted by Crippen LogP contribution is -2.33. The molecule has 0 amide bonds. The molecule has 0 aromatic heterocycles. The minimum atomic E-state index is 0.280. The molecule has 0 aliphatic heterocycles. The van der Waals surface area contributed by atoms with Crippen molar-refractivity contribution >= 4 is 0 Å². The summed E-state index contributed by atoms with van der Waals surface area (Å²) < 4.78 is 0. The molecule has 0 rings (SSSR count). The summed E-state index contributed by atoms with van der Waals surface area (Å²) in [5.41, 5.74) is 5.91. The Morgan fingerprint density at radius 2 is 2.00 bits per heavy atom. The van der Waals surface area contributed by atoms with Crippen LogP contribution in [0.4, 0.5) is 0 Å². The smallest absolute Gasteiger partial charge is 0.0125 e. The number of nitrogens with two attached hydrogens (primary N) is 1. The lowest BCUT2D eigenvalue weighted by Gasteiger charge is -2.22. The maximum absolute atomic E-state index is 5.91. The first-order valence-electron chi connectivity index (χ1n) is 4.01. The Morgan fingerprint density at radius 3 is 2.30 bits per heavy atom. The molecule has 60 valence electrons. The Morgan fingerprint density at radius 1 is 1.50 bits per heavy atom. The minimum Gasteiger partial charge on any atom is -0.327 e. The molecular weight excluding hydrogens is 122 g/mol. The largest absolute Gasteiger partial charge is 0.327 e. The van der Waals surface area contributed by atoms with Gasteiger partial charge in [-0.25, -0.2) is 0 Å². The second-order valence-electron chi connectivity index (χ2n) is 3.06. The first-order chi connectivity index (χ1) is 4.63. The van der Waals surface area contributed by atoms with Crippen LogP contribution in [0.15, 0.2) is 12.7 Å². The van der Waals surface area contributed by atoms with Gasteiger partial charge in [0.2, 0.25) is 0 Å². The molecule has 0 fully saturated rings. The summed E-state index contributed by atoms with van der Waals surface area (Å²) in [5, 5.41) is 0. The monoisotopic (exact) mass is 141 g/mol. The quantitative estimate of drug-likeness (QED) is 0.597. The molecule has 10 heavy (non-hydrogen) atoms. The molecule has 0 spiro atoms. The number of hydrogen-bond acceptors (Lipinski definition) is 1. The molecule has 0 aromatic carbocycles. The highest BCUT2D eigenvalue weighted by molar-refractivity contribution is 4.85. The van der Waals surface area contributed by atoms with Gasteiger partial charge in [-0.1, -0.05) is 33.3 Å². The van der Waals surface area contributed by atoms with Crippen LogP contribution in [-0.4, -0.2) is 6.04 Å². The highest BCUT2D eigenvalue weighted by Crippen LogP contribution is 2.13. The second kappa shape index (κ2) is 4.51. The standard InChI is InChI=1S/C9H19N/c1-5-7(3)9(10)8(4)6-2/h5,7-9H,1,6,10H2,2-4H3. The van der Waals surface area contributed by atoms with E-state index in [0.717, 1.165) is 6.42 Å². The summed E-state index contributed by atoms with van der Waals surface area (Å²) in [6.45, 7) is 10.2. The zero-order valence-electron chi connectivity index (χ0n) is 7.30. The van der Waals surface area contributed by atoms with Gasteiger partial charge in [0.25, 0.3) is 0 Å². The SMILES string of the molecule is C=CC(C)C(N)C(C)CC. The molecule has 0 aliphatic rings. The van der Waals surface area contributed by atoms with Gasteiger partial charge >= 0.3 is 0 Å². The number of rotatable bonds is 4. The molecule has 0 heterocycles. The van der Waals surface area contributed by atoms with Gasteiger partial charge in [-0.2, -0.15) is 0 Å². The Kier molecular flexibility index (Phi) is 4.37. The van der Waals surface area contributed by atoms with Crippen molar-refractivity contribution in [3.8, 4) is 0 Å². The van der Waals surface area contributed by atoms with Gasteiger partial charge in [-0.05, 0) is 11.8 Å². The first-order valence-corrected chi connectivity index (χ1v) is 4.01. The van der Waals surface area contributed by atoms with Gasteiger partial charge in [0.1, 0.15) is 0 Å². The Labute approximate surface area is 64.3 Å². The second-order valence-corrected chi connectivity index (χ2v) is 3.06. The molecule has 0 aromatic rings. The van der Waals surface area contributed by atoms with Crippen LogP contribution >= 0.6 is 0 Å². The zero-order valence-corrected chi connectivity index (χ0v) is 7.30. The molecule has 1 heteroatoms. The lowest BCUT2D eigenvalue weighted by atomic mass is 9.90. The molecule has 0 aliphatic carbocycles. The normalized spacial score (nSPS) is 19.6. The average molecular weight is 141 g/mol. The Bertz CT molecular complexity index is 98.9. The van der Waals surface area contributed by atoms with E-state index in [0.29, 0.717) is 11.8 Å². The summed E-state index contributed by atoms with van der Waals surface area (Å²) in [6, 6.07) is 0.280. The van der Waals surface area contributed by atoms with Crippen molar-refractivity contribution in [2.45, 2.75) is 33.2 Å². The van der Waals surface area contributed by atoms with Crippen LogP contribution < -0.4 is 5.73 Å². The van der Waals surface area contributed by atoms with Gasteiger partial charge in [0.05, 0.1) is 0 Å². The third kappa shape index (κ3) is 2.53. The molecule has 0 bridgehead atoms. The topological polar surface area (TPSA) is 26.0 Å². The summed E-state index contributed by atoms with van der Waals surface area (Å²) in [5.74, 6) is 1.04. The van der Waals surface area contributed by atoms with Crippen LogP contribution in [0, 0.1) is 11.8 Å². The molecular formula is C9H19N. The van der Waals surface area contributed by atoms with E-state index >= 15 is 0 Å². The fourth-order valence-electron chi connectivity index (χ4n) is 0.948.